The van der Waals surface area contributed by atoms with Crippen LogP contribution in [0.5, 0.6) is 5.75 Å². The first-order valence-corrected chi connectivity index (χ1v) is 14.4. The number of likely N-dealkylation sites (tertiary alicyclic amines) is 1. The molecule has 0 spiro atoms. The van der Waals surface area contributed by atoms with E-state index in [-0.39, 0.29) is 19.3 Å². The summed E-state index contributed by atoms with van der Waals surface area (Å²) >= 11 is 0. The number of unbranched alkanes of at least 4 members (excludes halogenated alkanes) is 2. The van der Waals surface area contributed by atoms with Crippen LogP contribution in [0, 0.1) is 0 Å². The van der Waals surface area contributed by atoms with Crippen LogP contribution in [0.15, 0.2) is 30.5 Å². The van der Waals surface area contributed by atoms with Crippen LogP contribution in [-0.2, 0) is 16.4 Å². The molecule has 1 N–H and O–H groups in total. The second-order valence-corrected chi connectivity index (χ2v) is 10.5. The van der Waals surface area contributed by atoms with E-state index in [4.69, 9.17) is 4.74 Å². The second-order valence-electron chi connectivity index (χ2n) is 8.44. The standard InChI is InChI=1S/C24H37N3O3S.C2H6.CH4/c1-3-5-9-20-18-21-10-8-13-25-24(21)23(19-20)30-22-11-16-27(17-12-22)15-7-6-14-26-31(28,29)4-2;1-2;/h8,10,13,18-19,22,26H,3-7,9,11-12,14-17H2,1-2H3;1-2H3;1H4. The number of hydrogen-bond donors (Lipinski definition) is 1. The van der Waals surface area contributed by atoms with Crippen molar-refractivity contribution in [1.29, 1.82) is 0 Å². The van der Waals surface area contributed by atoms with Gasteiger partial charge in [-0.2, -0.15) is 0 Å². The number of benzene rings is 1. The topological polar surface area (TPSA) is 71.5 Å². The SMILES string of the molecule is C.CC.CCCCc1cc(OC2CCN(CCCCNS(=O)(=O)CC)CC2)c2ncccc2c1. The van der Waals surface area contributed by atoms with Crippen molar-refractivity contribution in [3.8, 4) is 5.75 Å². The van der Waals surface area contributed by atoms with Gasteiger partial charge >= 0.3 is 0 Å². The van der Waals surface area contributed by atoms with Gasteiger partial charge in [-0.15, -0.1) is 0 Å². The Morgan fingerprint density at radius 1 is 1.12 bits per heavy atom. The quantitative estimate of drug-likeness (QED) is 0.378. The normalized spacial score (nSPS) is 14.8. The lowest BCUT2D eigenvalue weighted by molar-refractivity contribution is 0.101. The highest BCUT2D eigenvalue weighted by atomic mass is 32.2. The summed E-state index contributed by atoms with van der Waals surface area (Å²) in [6.07, 6.45) is 9.40. The first kappa shape index (κ1) is 30.3. The maximum absolute atomic E-state index is 11.5. The molecule has 194 valence electrons. The maximum Gasteiger partial charge on any atom is 0.211 e. The number of ether oxygens (including phenoxy) is 1. The van der Waals surface area contributed by atoms with E-state index in [9.17, 15) is 8.42 Å². The minimum absolute atomic E-state index is 0. The highest BCUT2D eigenvalue weighted by Gasteiger charge is 2.21. The fraction of sp³-hybridized carbons (Fsp3) is 0.667. The third kappa shape index (κ3) is 9.88. The van der Waals surface area contributed by atoms with Crippen LogP contribution in [0.25, 0.3) is 10.9 Å². The van der Waals surface area contributed by atoms with E-state index in [1.165, 1.54) is 18.4 Å². The van der Waals surface area contributed by atoms with Crippen molar-refractivity contribution in [3.63, 3.8) is 0 Å². The average molecular weight is 494 g/mol. The molecule has 1 aliphatic heterocycles. The van der Waals surface area contributed by atoms with Gasteiger partial charge in [0.15, 0.2) is 0 Å². The van der Waals surface area contributed by atoms with E-state index >= 15 is 0 Å². The van der Waals surface area contributed by atoms with Crippen molar-refractivity contribution < 1.29 is 13.2 Å². The number of nitrogens with zero attached hydrogens (tertiary/aromatic N) is 2. The molecule has 0 bridgehead atoms. The largest absolute Gasteiger partial charge is 0.488 e. The Labute approximate surface area is 208 Å². The van der Waals surface area contributed by atoms with E-state index in [1.54, 1.807) is 6.92 Å². The summed E-state index contributed by atoms with van der Waals surface area (Å²) in [6.45, 7) is 11.5. The molecule has 0 aliphatic carbocycles. The van der Waals surface area contributed by atoms with Crippen LogP contribution in [0.1, 0.15) is 79.2 Å². The lowest BCUT2D eigenvalue weighted by atomic mass is 10.0. The number of rotatable bonds is 12. The van der Waals surface area contributed by atoms with E-state index < -0.39 is 10.0 Å². The monoisotopic (exact) mass is 493 g/mol. The lowest BCUT2D eigenvalue weighted by Crippen LogP contribution is -2.39. The Bertz CT molecular complexity index is 926. The first-order chi connectivity index (χ1) is 16.0. The second kappa shape index (κ2) is 16.1. The van der Waals surface area contributed by atoms with Crippen LogP contribution in [0.3, 0.4) is 0 Å². The number of pyridine rings is 1. The van der Waals surface area contributed by atoms with E-state index in [0.29, 0.717) is 6.54 Å². The number of piperidine rings is 1. The fourth-order valence-corrected chi connectivity index (χ4v) is 4.71. The van der Waals surface area contributed by atoms with Gasteiger partial charge in [-0.05, 0) is 75.8 Å². The number of nitrogens with one attached hydrogen (secondary N) is 1. The third-order valence-electron chi connectivity index (χ3n) is 5.98. The van der Waals surface area contributed by atoms with Crippen molar-refractivity contribution in [2.75, 3.05) is 31.9 Å². The van der Waals surface area contributed by atoms with Crippen LogP contribution in [0.4, 0.5) is 0 Å². The zero-order valence-corrected chi connectivity index (χ0v) is 21.8. The predicted molar refractivity (Wildman–Crippen MR) is 145 cm³/mol. The molecule has 1 fully saturated rings. The zero-order valence-electron chi connectivity index (χ0n) is 21.0. The van der Waals surface area contributed by atoms with Crippen LogP contribution in [-0.4, -0.2) is 56.3 Å². The summed E-state index contributed by atoms with van der Waals surface area (Å²) in [7, 11) is -3.07. The summed E-state index contributed by atoms with van der Waals surface area (Å²) in [5.41, 5.74) is 2.29. The molecule has 7 heteroatoms. The molecular formula is C27H47N3O3S. The van der Waals surface area contributed by atoms with Gasteiger partial charge in [0, 0.05) is 31.2 Å². The van der Waals surface area contributed by atoms with Gasteiger partial charge in [0.05, 0.1) is 5.75 Å². The van der Waals surface area contributed by atoms with E-state index in [0.717, 1.165) is 68.4 Å². The lowest BCUT2D eigenvalue weighted by Gasteiger charge is -2.32. The minimum Gasteiger partial charge on any atom is -0.488 e. The van der Waals surface area contributed by atoms with E-state index in [1.807, 2.05) is 26.1 Å². The Morgan fingerprint density at radius 3 is 2.53 bits per heavy atom. The van der Waals surface area contributed by atoms with Gasteiger partial charge in [0.25, 0.3) is 0 Å². The van der Waals surface area contributed by atoms with Gasteiger partial charge in [-0.25, -0.2) is 13.1 Å². The van der Waals surface area contributed by atoms with Gasteiger partial charge in [-0.1, -0.05) is 40.7 Å². The molecule has 1 aromatic carbocycles. The van der Waals surface area contributed by atoms with Crippen molar-refractivity contribution in [1.82, 2.24) is 14.6 Å². The molecule has 2 heterocycles. The zero-order chi connectivity index (χ0) is 24.1. The smallest absolute Gasteiger partial charge is 0.211 e. The molecule has 0 unspecified atom stereocenters. The summed E-state index contributed by atoms with van der Waals surface area (Å²) in [5, 5.41) is 1.15. The molecule has 0 saturated carbocycles. The molecule has 6 nitrogen and oxygen atoms in total. The molecule has 2 aromatic rings. The summed E-state index contributed by atoms with van der Waals surface area (Å²) in [4.78, 5) is 7.04. The van der Waals surface area contributed by atoms with Gasteiger partial charge in [0.1, 0.15) is 17.4 Å². The van der Waals surface area contributed by atoms with Crippen molar-refractivity contribution in [2.24, 2.45) is 0 Å². The molecule has 1 aromatic heterocycles. The molecule has 3 rings (SSSR count). The summed E-state index contributed by atoms with van der Waals surface area (Å²) < 4.78 is 32.0. The Balaban J connectivity index is 0.00000188. The Kier molecular flexibility index (Phi) is 14.3. The number of aromatic nitrogens is 1. The minimum atomic E-state index is -3.07. The third-order valence-corrected chi connectivity index (χ3v) is 7.38. The van der Waals surface area contributed by atoms with Crippen LogP contribution in [0.2, 0.25) is 0 Å². The molecule has 0 radical (unpaired) electrons. The molecule has 34 heavy (non-hydrogen) atoms. The summed E-state index contributed by atoms with van der Waals surface area (Å²) in [5.74, 6) is 1.07. The van der Waals surface area contributed by atoms with E-state index in [2.05, 4.69) is 39.7 Å². The van der Waals surface area contributed by atoms with Gasteiger partial charge < -0.3 is 9.64 Å². The maximum atomic E-state index is 11.5. The van der Waals surface area contributed by atoms with Crippen molar-refractivity contribution in [2.45, 2.75) is 86.2 Å². The highest BCUT2D eigenvalue weighted by Crippen LogP contribution is 2.29. The Morgan fingerprint density at radius 2 is 1.85 bits per heavy atom. The number of hydrogen-bond acceptors (Lipinski definition) is 5. The average Bonchev–Trinajstić information content (AvgIpc) is 2.85. The van der Waals surface area contributed by atoms with Gasteiger partial charge in [-0.3, -0.25) is 4.98 Å². The molecular weight excluding hydrogens is 446 g/mol. The predicted octanol–water partition coefficient (Wildman–Crippen LogP) is 5.80. The molecule has 0 atom stereocenters. The summed E-state index contributed by atoms with van der Waals surface area (Å²) in [6, 6.07) is 8.54. The van der Waals surface area contributed by atoms with Gasteiger partial charge in [0.2, 0.25) is 10.0 Å². The molecule has 1 aliphatic rings. The first-order valence-electron chi connectivity index (χ1n) is 12.7. The van der Waals surface area contributed by atoms with Crippen LogP contribution < -0.4 is 9.46 Å². The fourth-order valence-electron chi connectivity index (χ4n) is 4.05. The number of aryl methyl sites for hydroxylation is 1. The number of sulfonamides is 1. The highest BCUT2D eigenvalue weighted by molar-refractivity contribution is 7.89. The molecule has 0 amide bonds. The van der Waals surface area contributed by atoms with Crippen molar-refractivity contribution >= 4 is 20.9 Å². The Hall–Kier alpha value is -1.70. The number of fused-ring (bicyclic) bond motifs is 1. The van der Waals surface area contributed by atoms with Crippen molar-refractivity contribution in [3.05, 3.63) is 36.0 Å². The van der Waals surface area contributed by atoms with Crippen LogP contribution >= 0.6 is 0 Å². The molecule has 1 saturated heterocycles.